The van der Waals surface area contributed by atoms with Crippen molar-refractivity contribution in [2.24, 2.45) is 23.5 Å². The molecule has 0 amide bonds. The lowest BCUT2D eigenvalue weighted by atomic mass is 9.89. The van der Waals surface area contributed by atoms with E-state index in [2.05, 4.69) is 0 Å². The average Bonchev–Trinajstić information content (AvgIpc) is 2.45. The van der Waals surface area contributed by atoms with Crippen LogP contribution in [0.3, 0.4) is 0 Å². The minimum Gasteiger partial charge on any atom is -0.330 e. The van der Waals surface area contributed by atoms with Crippen LogP contribution in [0.5, 0.6) is 0 Å². The molecular formula is C8H15N. The van der Waals surface area contributed by atoms with Gasteiger partial charge in [0, 0.05) is 0 Å². The van der Waals surface area contributed by atoms with E-state index in [4.69, 9.17) is 5.73 Å². The first kappa shape index (κ1) is 5.72. The van der Waals surface area contributed by atoms with E-state index in [1.54, 1.807) is 0 Å². The molecule has 1 unspecified atom stereocenters. The highest BCUT2D eigenvalue weighted by atomic mass is 14.6. The number of hydrogen-bond donors (Lipinski definition) is 1. The summed E-state index contributed by atoms with van der Waals surface area (Å²) in [6.45, 7) is 0.946. The van der Waals surface area contributed by atoms with Crippen LogP contribution in [0.15, 0.2) is 0 Å². The molecule has 52 valence electrons. The van der Waals surface area contributed by atoms with Gasteiger partial charge in [-0.3, -0.25) is 0 Å². The highest BCUT2D eigenvalue weighted by molar-refractivity contribution is 4.89. The zero-order valence-corrected chi connectivity index (χ0v) is 5.84. The van der Waals surface area contributed by atoms with Crippen LogP contribution in [0, 0.1) is 17.8 Å². The van der Waals surface area contributed by atoms with Gasteiger partial charge in [-0.2, -0.15) is 0 Å². The van der Waals surface area contributed by atoms with E-state index in [-0.39, 0.29) is 0 Å². The third kappa shape index (κ3) is 0.787. The van der Waals surface area contributed by atoms with Crippen molar-refractivity contribution in [3.05, 3.63) is 0 Å². The molecular weight excluding hydrogens is 110 g/mol. The molecule has 0 aliphatic heterocycles. The Kier molecular flexibility index (Phi) is 1.26. The summed E-state index contributed by atoms with van der Waals surface area (Å²) in [7, 11) is 0. The maximum Gasteiger partial charge on any atom is -0.00461 e. The van der Waals surface area contributed by atoms with E-state index in [1.165, 1.54) is 25.7 Å². The molecule has 0 radical (unpaired) electrons. The van der Waals surface area contributed by atoms with E-state index < -0.39 is 0 Å². The number of fused-ring (bicyclic) bond motifs is 2. The van der Waals surface area contributed by atoms with Gasteiger partial charge in [0.25, 0.3) is 0 Å². The maximum atomic E-state index is 5.62. The molecule has 2 aliphatic carbocycles. The zero-order valence-electron chi connectivity index (χ0n) is 5.84. The minimum atomic E-state index is 0.906. The summed E-state index contributed by atoms with van der Waals surface area (Å²) in [5.41, 5.74) is 5.62. The number of rotatable bonds is 1. The smallest absolute Gasteiger partial charge is 0.00461 e. The number of hydrogen-bond acceptors (Lipinski definition) is 1. The molecule has 2 aliphatic rings. The molecule has 0 heterocycles. The third-order valence-corrected chi connectivity index (χ3v) is 3.19. The van der Waals surface area contributed by atoms with E-state index >= 15 is 0 Å². The second-order valence-electron chi connectivity index (χ2n) is 3.67. The first-order valence-corrected chi connectivity index (χ1v) is 4.10. The van der Waals surface area contributed by atoms with Crippen molar-refractivity contribution >= 4 is 0 Å². The zero-order chi connectivity index (χ0) is 6.27. The first-order chi connectivity index (χ1) is 4.40. The van der Waals surface area contributed by atoms with Crippen LogP contribution in [0.4, 0.5) is 0 Å². The van der Waals surface area contributed by atoms with Crippen molar-refractivity contribution in [3.8, 4) is 0 Å². The predicted octanol–water partition coefficient (Wildman–Crippen LogP) is 1.38. The van der Waals surface area contributed by atoms with Gasteiger partial charge in [0.15, 0.2) is 0 Å². The van der Waals surface area contributed by atoms with Crippen molar-refractivity contribution < 1.29 is 0 Å². The lowest BCUT2D eigenvalue weighted by Crippen LogP contribution is -2.19. The van der Waals surface area contributed by atoms with Crippen LogP contribution in [0.25, 0.3) is 0 Å². The summed E-state index contributed by atoms with van der Waals surface area (Å²) in [5, 5.41) is 0. The molecule has 9 heavy (non-hydrogen) atoms. The van der Waals surface area contributed by atoms with E-state index in [0.717, 1.165) is 24.3 Å². The summed E-state index contributed by atoms with van der Waals surface area (Å²) < 4.78 is 0. The Bertz CT molecular complexity index is 111. The topological polar surface area (TPSA) is 26.0 Å². The summed E-state index contributed by atoms with van der Waals surface area (Å²) >= 11 is 0. The normalized spacial score (nSPS) is 48.3. The van der Waals surface area contributed by atoms with Crippen molar-refractivity contribution in [3.63, 3.8) is 0 Å². The fourth-order valence-electron chi connectivity index (χ4n) is 2.67. The Labute approximate surface area is 56.6 Å². The molecule has 2 bridgehead atoms. The summed E-state index contributed by atoms with van der Waals surface area (Å²) in [4.78, 5) is 0. The van der Waals surface area contributed by atoms with Gasteiger partial charge < -0.3 is 5.73 Å². The molecule has 2 saturated carbocycles. The molecule has 0 saturated heterocycles. The summed E-state index contributed by atoms with van der Waals surface area (Å²) in [6.07, 6.45) is 5.93. The maximum absolute atomic E-state index is 5.62. The first-order valence-electron chi connectivity index (χ1n) is 4.10. The molecule has 2 fully saturated rings. The van der Waals surface area contributed by atoms with Gasteiger partial charge >= 0.3 is 0 Å². The Morgan fingerprint density at radius 2 is 2.11 bits per heavy atom. The van der Waals surface area contributed by atoms with Crippen molar-refractivity contribution in [1.82, 2.24) is 0 Å². The Balaban J connectivity index is 2.01. The van der Waals surface area contributed by atoms with Crippen molar-refractivity contribution in [2.75, 3.05) is 6.54 Å². The molecule has 2 N–H and O–H groups in total. The molecule has 2 rings (SSSR count). The minimum absolute atomic E-state index is 0.906. The molecule has 1 heteroatoms. The third-order valence-electron chi connectivity index (χ3n) is 3.19. The quantitative estimate of drug-likeness (QED) is 0.563. The van der Waals surface area contributed by atoms with Gasteiger partial charge in [-0.1, -0.05) is 6.42 Å². The van der Waals surface area contributed by atoms with Crippen molar-refractivity contribution in [2.45, 2.75) is 25.7 Å². The SMILES string of the molecule is NC[C@H]1C[C@@H]2CCC1C2. The molecule has 3 atom stereocenters. The molecule has 0 aromatic rings. The van der Waals surface area contributed by atoms with E-state index in [0.29, 0.717) is 0 Å². The van der Waals surface area contributed by atoms with Crippen LogP contribution in [0.2, 0.25) is 0 Å². The standard InChI is InChI=1S/C8H15N/c9-5-8-4-6-1-2-7(8)3-6/h6-8H,1-5,9H2/t6-,7?,8-/m1/s1. The second kappa shape index (κ2) is 1.98. The van der Waals surface area contributed by atoms with Gasteiger partial charge in [0.2, 0.25) is 0 Å². The Hall–Kier alpha value is -0.0400. The monoisotopic (exact) mass is 125 g/mol. The summed E-state index contributed by atoms with van der Waals surface area (Å²) in [5.74, 6) is 3.01. The molecule has 0 aromatic heterocycles. The largest absolute Gasteiger partial charge is 0.330 e. The van der Waals surface area contributed by atoms with Gasteiger partial charge in [-0.05, 0) is 43.6 Å². The van der Waals surface area contributed by atoms with Gasteiger partial charge in [0.05, 0.1) is 0 Å². The lowest BCUT2D eigenvalue weighted by Gasteiger charge is -2.18. The van der Waals surface area contributed by atoms with Crippen LogP contribution in [0.1, 0.15) is 25.7 Å². The number of nitrogens with two attached hydrogens (primary N) is 1. The van der Waals surface area contributed by atoms with E-state index in [1.807, 2.05) is 0 Å². The van der Waals surface area contributed by atoms with Crippen LogP contribution >= 0.6 is 0 Å². The van der Waals surface area contributed by atoms with Crippen LogP contribution in [-0.4, -0.2) is 6.54 Å². The Morgan fingerprint density at radius 1 is 1.22 bits per heavy atom. The second-order valence-corrected chi connectivity index (χ2v) is 3.67. The Morgan fingerprint density at radius 3 is 2.44 bits per heavy atom. The van der Waals surface area contributed by atoms with Gasteiger partial charge in [-0.15, -0.1) is 0 Å². The highest BCUT2D eigenvalue weighted by Crippen LogP contribution is 2.47. The molecule has 1 nitrogen and oxygen atoms in total. The van der Waals surface area contributed by atoms with Crippen LogP contribution < -0.4 is 5.73 Å². The van der Waals surface area contributed by atoms with Gasteiger partial charge in [0.1, 0.15) is 0 Å². The highest BCUT2D eigenvalue weighted by Gasteiger charge is 2.38. The van der Waals surface area contributed by atoms with Gasteiger partial charge in [-0.25, -0.2) is 0 Å². The fourth-order valence-corrected chi connectivity index (χ4v) is 2.67. The molecule has 0 aromatic carbocycles. The lowest BCUT2D eigenvalue weighted by molar-refractivity contribution is 0.341. The molecule has 0 spiro atoms. The van der Waals surface area contributed by atoms with Crippen molar-refractivity contribution in [1.29, 1.82) is 0 Å². The van der Waals surface area contributed by atoms with E-state index in [9.17, 15) is 0 Å². The van der Waals surface area contributed by atoms with Crippen LogP contribution in [-0.2, 0) is 0 Å². The summed E-state index contributed by atoms with van der Waals surface area (Å²) in [6, 6.07) is 0. The average molecular weight is 125 g/mol. The fraction of sp³-hybridized carbons (Fsp3) is 1.00. The predicted molar refractivity (Wildman–Crippen MR) is 38.0 cm³/mol.